The summed E-state index contributed by atoms with van der Waals surface area (Å²) in [5.41, 5.74) is 1.61. The predicted molar refractivity (Wildman–Crippen MR) is 76.5 cm³/mol. The van der Waals surface area contributed by atoms with Gasteiger partial charge >= 0.3 is 6.03 Å². The Kier molecular flexibility index (Phi) is 2.90. The van der Waals surface area contributed by atoms with E-state index < -0.39 is 23.8 Å². The number of rotatable bonds is 2. The molecule has 110 valence electrons. The zero-order valence-corrected chi connectivity index (χ0v) is 12.3. The van der Waals surface area contributed by atoms with E-state index in [-0.39, 0.29) is 11.5 Å². The van der Waals surface area contributed by atoms with Gasteiger partial charge < -0.3 is 0 Å². The summed E-state index contributed by atoms with van der Waals surface area (Å²) in [7, 11) is 0. The number of carbonyl (C=O) groups excluding carboxylic acids is 3. The molecule has 1 saturated carbocycles. The minimum atomic E-state index is -0.931. The molecule has 5 nitrogen and oxygen atoms in total. The molecule has 0 aromatic heterocycles. The van der Waals surface area contributed by atoms with Gasteiger partial charge in [-0.2, -0.15) is 0 Å². The lowest BCUT2D eigenvalue weighted by molar-refractivity contribution is -0.139. The van der Waals surface area contributed by atoms with Gasteiger partial charge in [0.25, 0.3) is 0 Å². The third-order valence-corrected chi connectivity index (χ3v) is 4.38. The molecular weight excluding hydrogens is 268 g/mol. The lowest BCUT2D eigenvalue weighted by Crippen LogP contribution is -2.58. The smallest absolute Gasteiger partial charge is 0.277 e. The fourth-order valence-corrected chi connectivity index (χ4v) is 2.82. The van der Waals surface area contributed by atoms with Crippen LogP contribution in [0.4, 0.5) is 4.79 Å². The standard InChI is InChI=1S/C16H18N2O3/c1-9-4-6-10(7-5-9)12-13(19)17-15(21)18(14(12)20)11-8-16(11,2)3/h4-7,11-12H,8H2,1-3H3,(H,17,19,21). The number of hydrogen-bond donors (Lipinski definition) is 1. The molecule has 2 aliphatic rings. The number of nitrogens with one attached hydrogen (secondary N) is 1. The third kappa shape index (κ3) is 2.22. The highest BCUT2D eigenvalue weighted by Crippen LogP contribution is 2.49. The van der Waals surface area contributed by atoms with Crippen LogP contribution >= 0.6 is 0 Å². The Balaban J connectivity index is 1.93. The Morgan fingerprint density at radius 3 is 2.24 bits per heavy atom. The molecule has 1 aromatic rings. The summed E-state index contributed by atoms with van der Waals surface area (Å²) in [5, 5.41) is 2.31. The molecule has 1 aromatic carbocycles. The Hall–Kier alpha value is -2.17. The minimum Gasteiger partial charge on any atom is -0.277 e. The van der Waals surface area contributed by atoms with Crippen molar-refractivity contribution < 1.29 is 14.4 Å². The van der Waals surface area contributed by atoms with Crippen LogP contribution in [0.15, 0.2) is 24.3 Å². The quantitative estimate of drug-likeness (QED) is 0.845. The summed E-state index contributed by atoms with van der Waals surface area (Å²) in [5.74, 6) is -1.88. The van der Waals surface area contributed by atoms with Crippen LogP contribution in [0.5, 0.6) is 0 Å². The van der Waals surface area contributed by atoms with Gasteiger partial charge in [0.05, 0.1) is 0 Å². The lowest BCUT2D eigenvalue weighted by atomic mass is 9.94. The van der Waals surface area contributed by atoms with E-state index in [2.05, 4.69) is 5.32 Å². The highest BCUT2D eigenvalue weighted by molar-refractivity contribution is 6.19. The Bertz CT molecular complexity index is 633. The monoisotopic (exact) mass is 286 g/mol. The van der Waals surface area contributed by atoms with Gasteiger partial charge in [-0.3, -0.25) is 19.8 Å². The molecule has 2 unspecified atom stereocenters. The Morgan fingerprint density at radius 1 is 1.14 bits per heavy atom. The molecule has 0 bridgehead atoms. The number of amides is 4. The Labute approximate surface area is 123 Å². The number of nitrogens with zero attached hydrogens (tertiary/aromatic N) is 1. The van der Waals surface area contributed by atoms with Crippen LogP contribution in [-0.2, 0) is 9.59 Å². The van der Waals surface area contributed by atoms with E-state index in [4.69, 9.17) is 0 Å². The summed E-state index contributed by atoms with van der Waals surface area (Å²) in [6, 6.07) is 6.54. The maximum Gasteiger partial charge on any atom is 0.331 e. The van der Waals surface area contributed by atoms with Crippen LogP contribution in [0, 0.1) is 12.3 Å². The van der Waals surface area contributed by atoms with E-state index in [0.29, 0.717) is 5.56 Å². The maximum absolute atomic E-state index is 12.6. The summed E-state index contributed by atoms with van der Waals surface area (Å²) < 4.78 is 0. The average molecular weight is 286 g/mol. The third-order valence-electron chi connectivity index (χ3n) is 4.38. The summed E-state index contributed by atoms with van der Waals surface area (Å²) >= 11 is 0. The molecule has 5 heteroatoms. The van der Waals surface area contributed by atoms with Gasteiger partial charge in [0.1, 0.15) is 5.92 Å². The van der Waals surface area contributed by atoms with Crippen LogP contribution < -0.4 is 5.32 Å². The molecule has 1 N–H and O–H groups in total. The minimum absolute atomic E-state index is 0.0643. The number of aryl methyl sites for hydroxylation is 1. The van der Waals surface area contributed by atoms with Crippen molar-refractivity contribution in [2.24, 2.45) is 5.41 Å². The van der Waals surface area contributed by atoms with E-state index in [9.17, 15) is 14.4 Å². The first kappa shape index (κ1) is 13.8. The number of urea groups is 1. The number of carbonyl (C=O) groups is 3. The van der Waals surface area contributed by atoms with Gasteiger partial charge in [-0.25, -0.2) is 4.79 Å². The summed E-state index contributed by atoms with van der Waals surface area (Å²) in [4.78, 5) is 37.9. The molecule has 2 atom stereocenters. The van der Waals surface area contributed by atoms with Crippen molar-refractivity contribution in [2.45, 2.75) is 39.2 Å². The van der Waals surface area contributed by atoms with Gasteiger partial charge in [-0.15, -0.1) is 0 Å². The highest BCUT2D eigenvalue weighted by Gasteiger charge is 2.56. The number of hydrogen-bond acceptors (Lipinski definition) is 3. The Morgan fingerprint density at radius 2 is 1.71 bits per heavy atom. The zero-order chi connectivity index (χ0) is 15.4. The van der Waals surface area contributed by atoms with E-state index in [1.807, 2.05) is 32.9 Å². The van der Waals surface area contributed by atoms with Crippen molar-refractivity contribution in [3.63, 3.8) is 0 Å². The van der Waals surface area contributed by atoms with E-state index in [1.54, 1.807) is 12.1 Å². The SMILES string of the molecule is Cc1ccc(C2C(=O)NC(=O)N(C3CC3(C)C)C2=O)cc1. The zero-order valence-electron chi connectivity index (χ0n) is 12.3. The second kappa shape index (κ2) is 4.41. The van der Waals surface area contributed by atoms with Crippen molar-refractivity contribution in [3.8, 4) is 0 Å². The van der Waals surface area contributed by atoms with Gasteiger partial charge in [0.15, 0.2) is 0 Å². The maximum atomic E-state index is 12.6. The van der Waals surface area contributed by atoms with Gasteiger partial charge in [0.2, 0.25) is 11.8 Å². The molecular formula is C16H18N2O3. The van der Waals surface area contributed by atoms with Crippen LogP contribution in [-0.4, -0.2) is 28.8 Å². The molecule has 1 heterocycles. The van der Waals surface area contributed by atoms with Crippen LogP contribution in [0.2, 0.25) is 0 Å². The molecule has 0 spiro atoms. The molecule has 1 saturated heterocycles. The summed E-state index contributed by atoms with van der Waals surface area (Å²) in [6.07, 6.45) is 0.779. The molecule has 0 radical (unpaired) electrons. The number of barbiturate groups is 1. The first-order valence-electron chi connectivity index (χ1n) is 7.06. The first-order valence-corrected chi connectivity index (χ1v) is 7.06. The molecule has 3 rings (SSSR count). The van der Waals surface area contributed by atoms with Crippen molar-refractivity contribution in [1.29, 1.82) is 0 Å². The fourth-order valence-electron chi connectivity index (χ4n) is 2.82. The highest BCUT2D eigenvalue weighted by atomic mass is 16.2. The average Bonchev–Trinajstić information content (AvgIpc) is 2.99. The van der Waals surface area contributed by atoms with Gasteiger partial charge in [-0.1, -0.05) is 43.7 Å². The van der Waals surface area contributed by atoms with Crippen molar-refractivity contribution >= 4 is 17.8 Å². The summed E-state index contributed by atoms with van der Waals surface area (Å²) in [6.45, 7) is 5.96. The normalized spacial score (nSPS) is 27.6. The molecule has 21 heavy (non-hydrogen) atoms. The van der Waals surface area contributed by atoms with Crippen molar-refractivity contribution in [2.75, 3.05) is 0 Å². The molecule has 2 fully saturated rings. The van der Waals surface area contributed by atoms with Gasteiger partial charge in [-0.05, 0) is 24.3 Å². The number of imide groups is 2. The van der Waals surface area contributed by atoms with E-state index in [1.165, 1.54) is 4.90 Å². The van der Waals surface area contributed by atoms with Crippen molar-refractivity contribution in [3.05, 3.63) is 35.4 Å². The van der Waals surface area contributed by atoms with Crippen LogP contribution in [0.3, 0.4) is 0 Å². The fraction of sp³-hybridized carbons (Fsp3) is 0.438. The molecule has 1 aliphatic carbocycles. The van der Waals surface area contributed by atoms with Crippen LogP contribution in [0.1, 0.15) is 37.3 Å². The topological polar surface area (TPSA) is 66.5 Å². The number of benzene rings is 1. The first-order chi connectivity index (χ1) is 9.81. The largest absolute Gasteiger partial charge is 0.331 e. The van der Waals surface area contributed by atoms with Crippen molar-refractivity contribution in [1.82, 2.24) is 10.2 Å². The van der Waals surface area contributed by atoms with E-state index in [0.717, 1.165) is 12.0 Å². The molecule has 4 amide bonds. The second-order valence-corrected chi connectivity index (χ2v) is 6.55. The second-order valence-electron chi connectivity index (χ2n) is 6.55. The van der Waals surface area contributed by atoms with Gasteiger partial charge in [0, 0.05) is 6.04 Å². The predicted octanol–water partition coefficient (Wildman–Crippen LogP) is 1.96. The van der Waals surface area contributed by atoms with E-state index >= 15 is 0 Å². The molecule has 1 aliphatic heterocycles. The van der Waals surface area contributed by atoms with Crippen LogP contribution in [0.25, 0.3) is 0 Å². The lowest BCUT2D eigenvalue weighted by Gasteiger charge is -2.31.